The van der Waals surface area contributed by atoms with Gasteiger partial charge in [-0.2, -0.15) is 0 Å². The van der Waals surface area contributed by atoms with Crippen LogP contribution in [0.5, 0.6) is 5.75 Å². The topological polar surface area (TPSA) is 81.4 Å². The zero-order valence-electron chi connectivity index (χ0n) is 15.8. The Bertz CT molecular complexity index is 979. The van der Waals surface area contributed by atoms with Crippen LogP contribution < -0.4 is 15.8 Å². The number of ether oxygens (including phenoxy) is 1. The van der Waals surface area contributed by atoms with Gasteiger partial charge in [0.15, 0.2) is 6.61 Å². The molecule has 6 heteroatoms. The molecule has 0 spiro atoms. The Morgan fingerprint density at radius 3 is 2.36 bits per heavy atom. The molecule has 0 unspecified atom stereocenters. The number of primary amides is 1. The Morgan fingerprint density at radius 1 is 1.04 bits per heavy atom. The number of benzene rings is 2. The predicted octanol–water partition coefficient (Wildman–Crippen LogP) is 4.07. The van der Waals surface area contributed by atoms with Crippen LogP contribution in [0.2, 0.25) is 0 Å². The van der Waals surface area contributed by atoms with Gasteiger partial charge in [0.25, 0.3) is 11.8 Å². The molecule has 1 heterocycles. The molecule has 0 aliphatic rings. The van der Waals surface area contributed by atoms with Gasteiger partial charge in [0.1, 0.15) is 10.8 Å². The van der Waals surface area contributed by atoms with Crippen molar-refractivity contribution in [2.75, 3.05) is 11.9 Å². The first kappa shape index (κ1) is 19.6. The van der Waals surface area contributed by atoms with Crippen LogP contribution in [0.3, 0.4) is 0 Å². The van der Waals surface area contributed by atoms with Gasteiger partial charge in [0, 0.05) is 11.3 Å². The molecule has 3 aromatic rings. The minimum absolute atomic E-state index is 0.147. The van der Waals surface area contributed by atoms with Gasteiger partial charge in [-0.15, -0.1) is 11.3 Å². The molecule has 0 fully saturated rings. The smallest absolute Gasteiger partial charge is 0.262 e. The Kier molecular flexibility index (Phi) is 6.11. The zero-order valence-corrected chi connectivity index (χ0v) is 16.6. The summed E-state index contributed by atoms with van der Waals surface area (Å²) in [5.74, 6) is -0.276. The fourth-order valence-electron chi connectivity index (χ4n) is 2.84. The highest BCUT2D eigenvalue weighted by molar-refractivity contribution is 7.17. The first-order valence-corrected chi connectivity index (χ1v) is 9.71. The maximum Gasteiger partial charge on any atom is 0.262 e. The molecule has 0 atom stereocenters. The molecular weight excluding hydrogens is 372 g/mol. The highest BCUT2D eigenvalue weighted by Crippen LogP contribution is 2.34. The van der Waals surface area contributed by atoms with Crippen molar-refractivity contribution in [3.05, 3.63) is 81.7 Å². The number of hydrogen-bond acceptors (Lipinski definition) is 4. The van der Waals surface area contributed by atoms with Crippen molar-refractivity contribution in [1.29, 1.82) is 0 Å². The molecule has 1 aromatic heterocycles. The third-order valence-electron chi connectivity index (χ3n) is 4.34. The van der Waals surface area contributed by atoms with Crippen LogP contribution in [0.25, 0.3) is 0 Å². The van der Waals surface area contributed by atoms with Crippen LogP contribution >= 0.6 is 11.3 Å². The van der Waals surface area contributed by atoms with E-state index in [1.54, 1.807) is 0 Å². The van der Waals surface area contributed by atoms with Crippen molar-refractivity contribution in [1.82, 2.24) is 0 Å². The Labute approximate surface area is 168 Å². The van der Waals surface area contributed by atoms with Crippen LogP contribution in [0.1, 0.15) is 31.9 Å². The molecule has 0 bridgehead atoms. The van der Waals surface area contributed by atoms with Gasteiger partial charge in [-0.1, -0.05) is 48.0 Å². The van der Waals surface area contributed by atoms with Gasteiger partial charge in [-0.05, 0) is 37.1 Å². The molecule has 0 radical (unpaired) electrons. The van der Waals surface area contributed by atoms with Crippen LogP contribution in [-0.2, 0) is 11.2 Å². The van der Waals surface area contributed by atoms with E-state index in [2.05, 4.69) is 5.32 Å². The summed E-state index contributed by atoms with van der Waals surface area (Å²) < 4.78 is 5.50. The first-order valence-electron chi connectivity index (χ1n) is 8.89. The van der Waals surface area contributed by atoms with Crippen molar-refractivity contribution in [2.45, 2.75) is 20.3 Å². The predicted molar refractivity (Wildman–Crippen MR) is 112 cm³/mol. The molecule has 144 valence electrons. The number of amides is 2. The van der Waals surface area contributed by atoms with E-state index in [0.29, 0.717) is 22.7 Å². The van der Waals surface area contributed by atoms with E-state index >= 15 is 0 Å². The summed E-state index contributed by atoms with van der Waals surface area (Å²) in [5, 5.41) is 3.24. The number of carbonyl (C=O) groups is 2. The number of thiophene rings is 1. The molecule has 3 N–H and O–H groups in total. The summed E-state index contributed by atoms with van der Waals surface area (Å²) in [6.07, 6.45) is 0.674. The lowest BCUT2D eigenvalue weighted by Gasteiger charge is -2.07. The molecule has 28 heavy (non-hydrogen) atoms. The fourth-order valence-corrected chi connectivity index (χ4v) is 4.10. The molecule has 2 aromatic carbocycles. The van der Waals surface area contributed by atoms with E-state index in [-0.39, 0.29) is 12.5 Å². The van der Waals surface area contributed by atoms with Gasteiger partial charge >= 0.3 is 0 Å². The van der Waals surface area contributed by atoms with Gasteiger partial charge in [-0.3, -0.25) is 9.59 Å². The van der Waals surface area contributed by atoms with Gasteiger partial charge < -0.3 is 15.8 Å². The highest BCUT2D eigenvalue weighted by Gasteiger charge is 2.21. The number of rotatable bonds is 7. The van der Waals surface area contributed by atoms with Crippen LogP contribution in [0.15, 0.2) is 54.6 Å². The third kappa shape index (κ3) is 4.78. The molecule has 0 aliphatic heterocycles. The standard InChI is InChI=1S/C22H22N2O3S/c1-14-8-10-17(11-9-14)27-13-19(25)24-22-20(21(23)26)15(2)18(28-22)12-16-6-4-3-5-7-16/h3-11H,12-13H2,1-2H3,(H2,23,26)(H,24,25). The van der Waals surface area contributed by atoms with Crippen LogP contribution in [0.4, 0.5) is 5.00 Å². The van der Waals surface area contributed by atoms with Gasteiger partial charge in [0.05, 0.1) is 5.56 Å². The Morgan fingerprint density at radius 2 is 1.71 bits per heavy atom. The lowest BCUT2D eigenvalue weighted by Crippen LogP contribution is -2.22. The van der Waals surface area contributed by atoms with E-state index in [1.165, 1.54) is 11.3 Å². The second kappa shape index (κ2) is 8.71. The minimum atomic E-state index is -0.553. The monoisotopic (exact) mass is 394 g/mol. The summed E-state index contributed by atoms with van der Waals surface area (Å²) in [6, 6.07) is 17.4. The summed E-state index contributed by atoms with van der Waals surface area (Å²) >= 11 is 1.37. The van der Waals surface area contributed by atoms with Crippen molar-refractivity contribution < 1.29 is 14.3 Å². The minimum Gasteiger partial charge on any atom is -0.484 e. The lowest BCUT2D eigenvalue weighted by molar-refractivity contribution is -0.118. The molecule has 3 rings (SSSR count). The first-order chi connectivity index (χ1) is 13.4. The van der Waals surface area contributed by atoms with E-state index in [0.717, 1.165) is 21.6 Å². The summed E-state index contributed by atoms with van der Waals surface area (Å²) in [7, 11) is 0. The molecular formula is C22H22N2O3S. The molecule has 0 saturated heterocycles. The number of nitrogens with one attached hydrogen (secondary N) is 1. The number of carbonyl (C=O) groups excluding carboxylic acids is 2. The zero-order chi connectivity index (χ0) is 20.1. The summed E-state index contributed by atoms with van der Waals surface area (Å²) in [5.41, 5.74) is 8.97. The second-order valence-corrected chi connectivity index (χ2v) is 7.64. The maximum atomic E-state index is 12.3. The molecule has 2 amide bonds. The van der Waals surface area contributed by atoms with Crippen molar-refractivity contribution in [2.24, 2.45) is 5.73 Å². The number of nitrogens with two attached hydrogens (primary N) is 1. The Hall–Kier alpha value is -3.12. The Balaban J connectivity index is 1.73. The van der Waals surface area contributed by atoms with Crippen molar-refractivity contribution >= 4 is 28.2 Å². The third-order valence-corrected chi connectivity index (χ3v) is 5.55. The van der Waals surface area contributed by atoms with Gasteiger partial charge in [0.2, 0.25) is 0 Å². The number of aryl methyl sites for hydroxylation is 1. The normalized spacial score (nSPS) is 10.5. The molecule has 5 nitrogen and oxygen atoms in total. The van der Waals surface area contributed by atoms with E-state index < -0.39 is 5.91 Å². The largest absolute Gasteiger partial charge is 0.484 e. The molecule has 0 aliphatic carbocycles. The number of hydrogen-bond donors (Lipinski definition) is 2. The highest BCUT2D eigenvalue weighted by atomic mass is 32.1. The van der Waals surface area contributed by atoms with Crippen LogP contribution in [-0.4, -0.2) is 18.4 Å². The summed E-state index contributed by atoms with van der Waals surface area (Å²) in [4.78, 5) is 25.3. The van der Waals surface area contributed by atoms with E-state index in [1.807, 2.05) is 68.4 Å². The number of anilines is 1. The average molecular weight is 394 g/mol. The molecule has 0 saturated carbocycles. The fraction of sp³-hybridized carbons (Fsp3) is 0.182. The maximum absolute atomic E-state index is 12.3. The van der Waals surface area contributed by atoms with Gasteiger partial charge in [-0.25, -0.2) is 0 Å². The van der Waals surface area contributed by atoms with E-state index in [4.69, 9.17) is 10.5 Å². The van der Waals surface area contributed by atoms with E-state index in [9.17, 15) is 9.59 Å². The van der Waals surface area contributed by atoms with Crippen molar-refractivity contribution in [3.63, 3.8) is 0 Å². The summed E-state index contributed by atoms with van der Waals surface area (Å²) in [6.45, 7) is 3.69. The van der Waals surface area contributed by atoms with Crippen LogP contribution in [0, 0.1) is 13.8 Å². The average Bonchev–Trinajstić information content (AvgIpc) is 2.97. The second-order valence-electron chi connectivity index (χ2n) is 6.53. The lowest BCUT2D eigenvalue weighted by atomic mass is 10.1. The quantitative estimate of drug-likeness (QED) is 0.634. The van der Waals surface area contributed by atoms with Crippen molar-refractivity contribution in [3.8, 4) is 5.75 Å². The SMILES string of the molecule is Cc1ccc(OCC(=O)Nc2sc(Cc3ccccc3)c(C)c2C(N)=O)cc1.